The Morgan fingerprint density at radius 2 is 2.20 bits per heavy atom. The van der Waals surface area contributed by atoms with Crippen LogP contribution in [0.25, 0.3) is 0 Å². The quantitative estimate of drug-likeness (QED) is 0.765. The lowest BCUT2D eigenvalue weighted by molar-refractivity contribution is -0.116. The van der Waals surface area contributed by atoms with Gasteiger partial charge in [-0.3, -0.25) is 4.79 Å². The molecule has 0 atom stereocenters. The van der Waals surface area contributed by atoms with Crippen LogP contribution in [0.3, 0.4) is 0 Å². The molecule has 3 N–H and O–H groups in total. The summed E-state index contributed by atoms with van der Waals surface area (Å²) in [5.74, 6) is 1.16. The Hall–Kier alpha value is -1.49. The maximum Gasteiger partial charge on any atom is 0.225 e. The summed E-state index contributed by atoms with van der Waals surface area (Å²) in [6, 6.07) is 1.74. The maximum absolute atomic E-state index is 11.4. The zero-order valence-electron chi connectivity index (χ0n) is 9.08. The third-order valence-corrected chi connectivity index (χ3v) is 1.84. The molecule has 0 aliphatic heterocycles. The van der Waals surface area contributed by atoms with Gasteiger partial charge in [-0.05, 0) is 26.8 Å². The molecule has 0 unspecified atom stereocenters. The van der Waals surface area contributed by atoms with Crippen LogP contribution < -0.4 is 11.1 Å². The normalized spacial score (nSPS) is 10.1. The molecule has 82 valence electrons. The van der Waals surface area contributed by atoms with E-state index in [2.05, 4.69) is 15.3 Å². The van der Waals surface area contributed by atoms with Crippen molar-refractivity contribution >= 4 is 11.7 Å². The highest BCUT2D eigenvalue weighted by Crippen LogP contribution is 2.06. The molecule has 5 heteroatoms. The van der Waals surface area contributed by atoms with E-state index in [1.54, 1.807) is 13.0 Å². The number of nitrogens with one attached hydrogen (secondary N) is 1. The first-order chi connectivity index (χ1) is 7.11. The van der Waals surface area contributed by atoms with E-state index in [9.17, 15) is 4.79 Å². The van der Waals surface area contributed by atoms with Crippen molar-refractivity contribution in [1.82, 2.24) is 9.97 Å². The minimum absolute atomic E-state index is 0.0575. The lowest BCUT2D eigenvalue weighted by atomic mass is 10.3. The van der Waals surface area contributed by atoms with E-state index in [0.717, 1.165) is 5.69 Å². The number of anilines is 1. The zero-order valence-corrected chi connectivity index (χ0v) is 9.08. The van der Waals surface area contributed by atoms with Gasteiger partial charge in [0.1, 0.15) is 11.6 Å². The number of hydrogen-bond acceptors (Lipinski definition) is 4. The molecule has 1 aromatic heterocycles. The van der Waals surface area contributed by atoms with Gasteiger partial charge in [-0.25, -0.2) is 9.97 Å². The van der Waals surface area contributed by atoms with Crippen LogP contribution >= 0.6 is 0 Å². The summed E-state index contributed by atoms with van der Waals surface area (Å²) in [6.07, 6.45) is 1.12. The third kappa shape index (κ3) is 4.03. The second kappa shape index (κ2) is 5.41. The molecule has 0 saturated carbocycles. The van der Waals surface area contributed by atoms with Crippen LogP contribution in [-0.4, -0.2) is 22.4 Å². The molecule has 0 spiro atoms. The van der Waals surface area contributed by atoms with Crippen molar-refractivity contribution in [3.63, 3.8) is 0 Å². The summed E-state index contributed by atoms with van der Waals surface area (Å²) >= 11 is 0. The van der Waals surface area contributed by atoms with E-state index in [1.807, 2.05) is 6.92 Å². The molecule has 0 radical (unpaired) electrons. The fourth-order valence-corrected chi connectivity index (χ4v) is 1.25. The molecule has 15 heavy (non-hydrogen) atoms. The zero-order chi connectivity index (χ0) is 11.3. The summed E-state index contributed by atoms with van der Waals surface area (Å²) in [7, 11) is 0. The number of nitrogens with zero attached hydrogens (tertiary/aromatic N) is 2. The standard InChI is InChI=1S/C10H16N4O/c1-7-6-9(13-8(2)12-7)14-10(15)4-3-5-11/h6H,3-5,11H2,1-2H3,(H,12,13,14,15). The number of rotatable bonds is 4. The van der Waals surface area contributed by atoms with Crippen LogP contribution in [-0.2, 0) is 4.79 Å². The van der Waals surface area contributed by atoms with Gasteiger partial charge in [-0.1, -0.05) is 0 Å². The van der Waals surface area contributed by atoms with E-state index in [0.29, 0.717) is 31.0 Å². The molecule has 0 fully saturated rings. The highest BCUT2D eigenvalue weighted by atomic mass is 16.1. The van der Waals surface area contributed by atoms with Crippen molar-refractivity contribution in [2.75, 3.05) is 11.9 Å². The molecule has 0 aliphatic rings. The summed E-state index contributed by atoms with van der Waals surface area (Å²) in [5.41, 5.74) is 6.16. The van der Waals surface area contributed by atoms with Gasteiger partial charge in [-0.15, -0.1) is 0 Å². The molecule has 5 nitrogen and oxygen atoms in total. The Morgan fingerprint density at radius 1 is 1.47 bits per heavy atom. The van der Waals surface area contributed by atoms with Crippen LogP contribution in [0.5, 0.6) is 0 Å². The van der Waals surface area contributed by atoms with Gasteiger partial charge in [0.05, 0.1) is 0 Å². The average molecular weight is 208 g/mol. The molecule has 1 amide bonds. The van der Waals surface area contributed by atoms with Gasteiger partial charge in [0.25, 0.3) is 0 Å². The minimum atomic E-state index is -0.0575. The smallest absolute Gasteiger partial charge is 0.225 e. The predicted octanol–water partition coefficient (Wildman–Crippen LogP) is 0.771. The number of carbonyl (C=O) groups is 1. The molecular weight excluding hydrogens is 192 g/mol. The average Bonchev–Trinajstić information content (AvgIpc) is 2.13. The number of carbonyl (C=O) groups excluding carboxylic acids is 1. The number of nitrogens with two attached hydrogens (primary N) is 1. The molecule has 1 heterocycles. The lowest BCUT2D eigenvalue weighted by Crippen LogP contribution is -2.15. The molecule has 0 aromatic carbocycles. The Balaban J connectivity index is 2.60. The Kier molecular flexibility index (Phi) is 4.17. The molecule has 1 rings (SSSR count). The monoisotopic (exact) mass is 208 g/mol. The van der Waals surface area contributed by atoms with E-state index < -0.39 is 0 Å². The molecule has 0 bridgehead atoms. The lowest BCUT2D eigenvalue weighted by Gasteiger charge is -2.05. The van der Waals surface area contributed by atoms with Gasteiger partial charge in [-0.2, -0.15) is 0 Å². The van der Waals surface area contributed by atoms with Gasteiger partial charge >= 0.3 is 0 Å². The van der Waals surface area contributed by atoms with Crippen LogP contribution in [0, 0.1) is 13.8 Å². The SMILES string of the molecule is Cc1cc(NC(=O)CCCN)nc(C)n1. The first-order valence-electron chi connectivity index (χ1n) is 4.94. The van der Waals surface area contributed by atoms with Gasteiger partial charge < -0.3 is 11.1 Å². The van der Waals surface area contributed by atoms with E-state index >= 15 is 0 Å². The number of aromatic nitrogens is 2. The van der Waals surface area contributed by atoms with Crippen LogP contribution in [0.4, 0.5) is 5.82 Å². The summed E-state index contributed by atoms with van der Waals surface area (Å²) in [6.45, 7) is 4.18. The van der Waals surface area contributed by atoms with Crippen molar-refractivity contribution < 1.29 is 4.79 Å². The Morgan fingerprint density at radius 3 is 2.80 bits per heavy atom. The van der Waals surface area contributed by atoms with E-state index in [-0.39, 0.29) is 5.91 Å². The second-order valence-electron chi connectivity index (χ2n) is 3.38. The first kappa shape index (κ1) is 11.6. The number of hydrogen-bond donors (Lipinski definition) is 2. The first-order valence-corrected chi connectivity index (χ1v) is 4.94. The van der Waals surface area contributed by atoms with Crippen LogP contribution in [0.1, 0.15) is 24.4 Å². The maximum atomic E-state index is 11.4. The summed E-state index contributed by atoms with van der Waals surface area (Å²) in [4.78, 5) is 19.6. The van der Waals surface area contributed by atoms with Crippen molar-refractivity contribution in [2.45, 2.75) is 26.7 Å². The van der Waals surface area contributed by atoms with Crippen molar-refractivity contribution in [3.8, 4) is 0 Å². The summed E-state index contributed by atoms with van der Waals surface area (Å²) < 4.78 is 0. The fraction of sp³-hybridized carbons (Fsp3) is 0.500. The highest BCUT2D eigenvalue weighted by Gasteiger charge is 2.03. The minimum Gasteiger partial charge on any atom is -0.330 e. The Bertz CT molecular complexity index is 331. The largest absolute Gasteiger partial charge is 0.330 e. The van der Waals surface area contributed by atoms with Crippen LogP contribution in [0.2, 0.25) is 0 Å². The van der Waals surface area contributed by atoms with Gasteiger partial charge in [0.15, 0.2) is 0 Å². The summed E-state index contributed by atoms with van der Waals surface area (Å²) in [5, 5.41) is 2.71. The van der Waals surface area contributed by atoms with Gasteiger partial charge in [0, 0.05) is 18.2 Å². The van der Waals surface area contributed by atoms with Crippen molar-refractivity contribution in [2.24, 2.45) is 5.73 Å². The molecule has 1 aromatic rings. The van der Waals surface area contributed by atoms with Crippen molar-refractivity contribution in [1.29, 1.82) is 0 Å². The third-order valence-electron chi connectivity index (χ3n) is 1.84. The fourth-order valence-electron chi connectivity index (χ4n) is 1.25. The van der Waals surface area contributed by atoms with Gasteiger partial charge in [0.2, 0.25) is 5.91 Å². The molecular formula is C10H16N4O. The topological polar surface area (TPSA) is 80.9 Å². The highest BCUT2D eigenvalue weighted by molar-refractivity contribution is 5.89. The van der Waals surface area contributed by atoms with E-state index in [1.165, 1.54) is 0 Å². The van der Waals surface area contributed by atoms with Crippen molar-refractivity contribution in [3.05, 3.63) is 17.6 Å². The number of aryl methyl sites for hydroxylation is 2. The Labute approximate surface area is 89.1 Å². The predicted molar refractivity (Wildman–Crippen MR) is 58.4 cm³/mol. The van der Waals surface area contributed by atoms with Crippen LogP contribution in [0.15, 0.2) is 6.07 Å². The molecule has 0 saturated heterocycles. The molecule has 0 aliphatic carbocycles. The number of amides is 1. The second-order valence-corrected chi connectivity index (χ2v) is 3.38. The van der Waals surface area contributed by atoms with E-state index in [4.69, 9.17) is 5.73 Å².